The summed E-state index contributed by atoms with van der Waals surface area (Å²) < 4.78 is 12.9. The summed E-state index contributed by atoms with van der Waals surface area (Å²) in [5.74, 6) is 1.37. The highest BCUT2D eigenvalue weighted by Crippen LogP contribution is 2.18. The fourth-order valence-electron chi connectivity index (χ4n) is 2.72. The summed E-state index contributed by atoms with van der Waals surface area (Å²) in [6.07, 6.45) is 0.950. The number of guanidine groups is 1. The minimum Gasteiger partial charge on any atom is -0.356 e. The zero-order valence-electron chi connectivity index (χ0n) is 18.9. The van der Waals surface area contributed by atoms with E-state index >= 15 is 0 Å². The Balaban J connectivity index is 0.00000512. The summed E-state index contributed by atoms with van der Waals surface area (Å²) >= 11 is 1.70. The number of nitrogens with one attached hydrogen (secondary N) is 3. The number of thioether (sulfide) groups is 1. The van der Waals surface area contributed by atoms with Crippen molar-refractivity contribution in [1.82, 2.24) is 20.9 Å². The minimum absolute atomic E-state index is 0. The Morgan fingerprint density at radius 2 is 1.81 bits per heavy atom. The van der Waals surface area contributed by atoms with Gasteiger partial charge in [0.25, 0.3) is 5.91 Å². The quantitative estimate of drug-likeness (QED) is 0.126. The third-order valence-corrected chi connectivity index (χ3v) is 5.51. The molecule has 2 aromatic carbocycles. The first-order valence-electron chi connectivity index (χ1n) is 10.3. The maximum absolute atomic E-state index is 12.9. The van der Waals surface area contributed by atoms with Crippen molar-refractivity contribution in [2.45, 2.75) is 17.9 Å². The van der Waals surface area contributed by atoms with Gasteiger partial charge >= 0.3 is 0 Å². The molecule has 0 bridgehead atoms. The van der Waals surface area contributed by atoms with Crippen molar-refractivity contribution in [3.05, 3.63) is 65.5 Å². The molecule has 2 aromatic rings. The topological polar surface area (TPSA) is 68.8 Å². The van der Waals surface area contributed by atoms with Crippen molar-refractivity contribution in [1.29, 1.82) is 0 Å². The van der Waals surface area contributed by atoms with E-state index in [2.05, 4.69) is 20.9 Å². The molecule has 0 unspecified atom stereocenters. The standard InChI is InChI=1S/C23H32FN5OS.HI/c1-25-23(27-12-5-15-31-21-10-8-20(24)9-11-21)28-17-18-6-4-7-19(16-18)22(30)26-13-14-29(2)3;/h4,6-11,16H,5,12-15,17H2,1-3H3,(H,26,30)(H2,25,27,28);1H. The van der Waals surface area contributed by atoms with Gasteiger partial charge in [0, 0.05) is 43.7 Å². The lowest BCUT2D eigenvalue weighted by atomic mass is 10.1. The number of carbonyl (C=O) groups is 1. The van der Waals surface area contributed by atoms with Crippen LogP contribution < -0.4 is 16.0 Å². The highest BCUT2D eigenvalue weighted by molar-refractivity contribution is 14.0. The molecule has 0 aromatic heterocycles. The van der Waals surface area contributed by atoms with Gasteiger partial charge < -0.3 is 20.9 Å². The number of hydrogen-bond acceptors (Lipinski definition) is 4. The maximum Gasteiger partial charge on any atom is 0.251 e. The van der Waals surface area contributed by atoms with Crippen LogP contribution in [0.3, 0.4) is 0 Å². The SMILES string of the molecule is CN=C(NCCCSc1ccc(F)cc1)NCc1cccc(C(=O)NCCN(C)C)c1.I. The third kappa shape index (κ3) is 11.1. The summed E-state index contributed by atoms with van der Waals surface area (Å²) in [4.78, 5) is 19.6. The summed E-state index contributed by atoms with van der Waals surface area (Å²) in [6, 6.07) is 14.1. The van der Waals surface area contributed by atoms with Crippen molar-refractivity contribution in [3.8, 4) is 0 Å². The number of aliphatic imine (C=N–C) groups is 1. The van der Waals surface area contributed by atoms with Gasteiger partial charge in [-0.15, -0.1) is 35.7 Å². The molecular formula is C23H33FIN5OS. The Kier molecular flexibility index (Phi) is 14.0. The lowest BCUT2D eigenvalue weighted by Gasteiger charge is -2.13. The average Bonchev–Trinajstić information content (AvgIpc) is 2.76. The number of amides is 1. The molecule has 0 heterocycles. The smallest absolute Gasteiger partial charge is 0.251 e. The normalized spacial score (nSPS) is 11.1. The van der Waals surface area contributed by atoms with Gasteiger partial charge in [-0.05, 0) is 68.2 Å². The molecule has 6 nitrogen and oxygen atoms in total. The molecule has 0 aliphatic heterocycles. The van der Waals surface area contributed by atoms with Gasteiger partial charge in [-0.2, -0.15) is 0 Å². The molecule has 0 atom stereocenters. The van der Waals surface area contributed by atoms with Crippen molar-refractivity contribution in [2.24, 2.45) is 4.99 Å². The predicted molar refractivity (Wildman–Crippen MR) is 143 cm³/mol. The second-order valence-corrected chi connectivity index (χ2v) is 8.44. The van der Waals surface area contributed by atoms with Gasteiger partial charge in [0.2, 0.25) is 0 Å². The number of likely N-dealkylation sites (N-methyl/N-ethyl adjacent to an activating group) is 1. The zero-order chi connectivity index (χ0) is 22.5. The van der Waals surface area contributed by atoms with E-state index in [9.17, 15) is 9.18 Å². The van der Waals surface area contributed by atoms with Crippen LogP contribution in [0.1, 0.15) is 22.3 Å². The number of nitrogens with zero attached hydrogens (tertiary/aromatic N) is 2. The van der Waals surface area contributed by atoms with Crippen molar-refractivity contribution in [3.63, 3.8) is 0 Å². The molecule has 0 fully saturated rings. The van der Waals surface area contributed by atoms with Crippen LogP contribution in [0.2, 0.25) is 0 Å². The minimum atomic E-state index is -0.212. The van der Waals surface area contributed by atoms with E-state index in [4.69, 9.17) is 0 Å². The van der Waals surface area contributed by atoms with Crippen LogP contribution in [-0.2, 0) is 6.54 Å². The second-order valence-electron chi connectivity index (χ2n) is 7.27. The van der Waals surface area contributed by atoms with Crippen LogP contribution in [-0.4, -0.2) is 63.3 Å². The lowest BCUT2D eigenvalue weighted by Crippen LogP contribution is -2.37. The van der Waals surface area contributed by atoms with E-state index in [0.29, 0.717) is 24.6 Å². The second kappa shape index (κ2) is 15.9. The Hall–Kier alpha value is -1.85. The molecule has 0 radical (unpaired) electrons. The molecule has 2 rings (SSSR count). The fraction of sp³-hybridized carbons (Fsp3) is 0.391. The molecule has 176 valence electrons. The number of halogens is 2. The fourth-order valence-corrected chi connectivity index (χ4v) is 3.58. The number of benzene rings is 2. The number of carbonyl (C=O) groups excluding carboxylic acids is 1. The molecule has 0 spiro atoms. The number of rotatable bonds is 11. The average molecular weight is 574 g/mol. The summed E-state index contributed by atoms with van der Waals surface area (Å²) in [7, 11) is 5.69. The van der Waals surface area contributed by atoms with Crippen LogP contribution in [0.5, 0.6) is 0 Å². The van der Waals surface area contributed by atoms with Crippen LogP contribution >= 0.6 is 35.7 Å². The van der Waals surface area contributed by atoms with Gasteiger partial charge in [-0.1, -0.05) is 12.1 Å². The monoisotopic (exact) mass is 573 g/mol. The Morgan fingerprint density at radius 1 is 1.06 bits per heavy atom. The molecule has 0 saturated heterocycles. The Labute approximate surface area is 211 Å². The summed E-state index contributed by atoms with van der Waals surface area (Å²) in [5.41, 5.74) is 1.66. The molecule has 0 aliphatic rings. The molecule has 9 heteroatoms. The van der Waals surface area contributed by atoms with Crippen LogP contribution in [0, 0.1) is 5.82 Å². The van der Waals surface area contributed by atoms with Crippen molar-refractivity contribution < 1.29 is 9.18 Å². The molecular weight excluding hydrogens is 540 g/mol. The van der Waals surface area contributed by atoms with E-state index in [1.54, 1.807) is 30.9 Å². The first-order chi connectivity index (χ1) is 15.0. The maximum atomic E-state index is 12.9. The molecule has 3 N–H and O–H groups in total. The van der Waals surface area contributed by atoms with Crippen molar-refractivity contribution in [2.75, 3.05) is 46.5 Å². The van der Waals surface area contributed by atoms with Crippen LogP contribution in [0.25, 0.3) is 0 Å². The number of hydrogen-bond donors (Lipinski definition) is 3. The molecule has 0 aliphatic carbocycles. The largest absolute Gasteiger partial charge is 0.356 e. The molecule has 32 heavy (non-hydrogen) atoms. The van der Waals surface area contributed by atoms with Crippen LogP contribution in [0.15, 0.2) is 58.4 Å². The van der Waals surface area contributed by atoms with Gasteiger partial charge in [-0.25, -0.2) is 4.39 Å². The van der Waals surface area contributed by atoms with Crippen molar-refractivity contribution >= 4 is 47.6 Å². The lowest BCUT2D eigenvalue weighted by molar-refractivity contribution is 0.0951. The first-order valence-corrected chi connectivity index (χ1v) is 11.3. The van der Waals surface area contributed by atoms with Crippen LogP contribution in [0.4, 0.5) is 4.39 Å². The third-order valence-electron chi connectivity index (χ3n) is 4.41. The zero-order valence-corrected chi connectivity index (χ0v) is 22.0. The van der Waals surface area contributed by atoms with Gasteiger partial charge in [0.15, 0.2) is 5.96 Å². The van der Waals surface area contributed by atoms with Gasteiger partial charge in [0.1, 0.15) is 5.82 Å². The van der Waals surface area contributed by atoms with E-state index < -0.39 is 0 Å². The summed E-state index contributed by atoms with van der Waals surface area (Å²) in [6.45, 7) is 2.77. The van der Waals surface area contributed by atoms with Gasteiger partial charge in [0.05, 0.1) is 0 Å². The summed E-state index contributed by atoms with van der Waals surface area (Å²) in [5, 5.41) is 9.50. The first kappa shape index (κ1) is 28.2. The van der Waals surface area contributed by atoms with E-state index in [-0.39, 0.29) is 35.7 Å². The van der Waals surface area contributed by atoms with E-state index in [1.165, 1.54) is 12.1 Å². The van der Waals surface area contributed by atoms with E-state index in [0.717, 1.165) is 35.7 Å². The molecule has 0 saturated carbocycles. The molecule has 1 amide bonds. The highest BCUT2D eigenvalue weighted by Gasteiger charge is 2.06. The Morgan fingerprint density at radius 3 is 2.50 bits per heavy atom. The van der Waals surface area contributed by atoms with E-state index in [1.807, 2.05) is 43.3 Å². The Bertz CT molecular complexity index is 849. The van der Waals surface area contributed by atoms with Gasteiger partial charge in [-0.3, -0.25) is 9.79 Å². The predicted octanol–water partition coefficient (Wildman–Crippen LogP) is 3.58. The highest BCUT2D eigenvalue weighted by atomic mass is 127.